The number of H-pyrrole nitrogens is 1. The number of rotatable bonds is 4. The van der Waals surface area contributed by atoms with Crippen molar-refractivity contribution >= 4 is 5.91 Å². The zero-order chi connectivity index (χ0) is 13.0. The number of nitrogens with zero attached hydrogens (tertiary/aromatic N) is 3. The number of phenolic OH excluding ortho intramolecular Hbond substituents is 1. The summed E-state index contributed by atoms with van der Waals surface area (Å²) < 4.78 is 0. The third-order valence-corrected chi connectivity index (χ3v) is 2.54. The topological polar surface area (TPSA) is 82.1 Å². The smallest absolute Gasteiger partial charge is 0.227 e. The SMILES string of the molecule is CN(Cc1ncn[nH]1)C(=O)Cc1cccc(O)c1. The van der Waals surface area contributed by atoms with Crippen LogP contribution in [0.5, 0.6) is 5.75 Å². The summed E-state index contributed by atoms with van der Waals surface area (Å²) in [4.78, 5) is 17.5. The highest BCUT2D eigenvalue weighted by Gasteiger charge is 2.11. The predicted octanol–water partition coefficient (Wildman–Crippen LogP) is 0.711. The van der Waals surface area contributed by atoms with Crippen molar-refractivity contribution in [1.29, 1.82) is 0 Å². The normalized spacial score (nSPS) is 10.3. The highest BCUT2D eigenvalue weighted by Crippen LogP contribution is 2.12. The van der Waals surface area contributed by atoms with Gasteiger partial charge in [0.2, 0.25) is 5.91 Å². The van der Waals surface area contributed by atoms with Gasteiger partial charge in [-0.15, -0.1) is 0 Å². The lowest BCUT2D eigenvalue weighted by molar-refractivity contribution is -0.129. The van der Waals surface area contributed by atoms with E-state index in [1.165, 1.54) is 6.33 Å². The number of aromatic nitrogens is 3. The van der Waals surface area contributed by atoms with Crippen molar-refractivity contribution in [2.75, 3.05) is 7.05 Å². The van der Waals surface area contributed by atoms with Crippen molar-refractivity contribution in [3.8, 4) is 5.75 Å². The van der Waals surface area contributed by atoms with Gasteiger partial charge in [-0.2, -0.15) is 5.10 Å². The van der Waals surface area contributed by atoms with E-state index in [0.717, 1.165) is 5.56 Å². The molecule has 0 spiro atoms. The van der Waals surface area contributed by atoms with E-state index < -0.39 is 0 Å². The Bertz CT molecular complexity index is 525. The van der Waals surface area contributed by atoms with E-state index >= 15 is 0 Å². The fraction of sp³-hybridized carbons (Fsp3) is 0.250. The lowest BCUT2D eigenvalue weighted by atomic mass is 10.1. The van der Waals surface area contributed by atoms with E-state index in [1.807, 2.05) is 0 Å². The van der Waals surface area contributed by atoms with Crippen LogP contribution in [0.4, 0.5) is 0 Å². The van der Waals surface area contributed by atoms with E-state index in [2.05, 4.69) is 15.2 Å². The molecule has 0 atom stereocenters. The summed E-state index contributed by atoms with van der Waals surface area (Å²) in [6.45, 7) is 0.387. The van der Waals surface area contributed by atoms with Crippen molar-refractivity contribution in [1.82, 2.24) is 20.1 Å². The van der Waals surface area contributed by atoms with Gasteiger partial charge >= 0.3 is 0 Å². The molecule has 0 unspecified atom stereocenters. The number of likely N-dealkylation sites (N-methyl/N-ethyl adjacent to an activating group) is 1. The zero-order valence-corrected chi connectivity index (χ0v) is 10.00. The Morgan fingerprint density at radius 3 is 3.00 bits per heavy atom. The molecule has 6 nitrogen and oxygen atoms in total. The lowest BCUT2D eigenvalue weighted by Gasteiger charge is -2.15. The first-order valence-electron chi connectivity index (χ1n) is 5.51. The Kier molecular flexibility index (Phi) is 3.57. The molecule has 0 saturated carbocycles. The van der Waals surface area contributed by atoms with Crippen LogP contribution < -0.4 is 0 Å². The van der Waals surface area contributed by atoms with Gasteiger partial charge in [0.25, 0.3) is 0 Å². The maximum absolute atomic E-state index is 11.9. The summed E-state index contributed by atoms with van der Waals surface area (Å²) in [5, 5.41) is 15.7. The number of amides is 1. The molecule has 1 aromatic carbocycles. The fourth-order valence-electron chi connectivity index (χ4n) is 1.60. The van der Waals surface area contributed by atoms with Gasteiger partial charge in [0, 0.05) is 7.05 Å². The molecule has 1 heterocycles. The number of hydrogen-bond acceptors (Lipinski definition) is 4. The largest absolute Gasteiger partial charge is 0.508 e. The number of nitrogens with one attached hydrogen (secondary N) is 1. The molecular weight excluding hydrogens is 232 g/mol. The number of hydrogen-bond donors (Lipinski definition) is 2. The summed E-state index contributed by atoms with van der Waals surface area (Å²) in [6, 6.07) is 6.68. The number of phenols is 1. The summed E-state index contributed by atoms with van der Waals surface area (Å²) in [6.07, 6.45) is 1.65. The van der Waals surface area contributed by atoms with E-state index in [9.17, 15) is 9.90 Å². The van der Waals surface area contributed by atoms with Gasteiger partial charge in [0.15, 0.2) is 0 Å². The van der Waals surface area contributed by atoms with Gasteiger partial charge < -0.3 is 10.0 Å². The van der Waals surface area contributed by atoms with Crippen LogP contribution in [-0.4, -0.2) is 38.1 Å². The third kappa shape index (κ3) is 3.07. The minimum absolute atomic E-state index is 0.0444. The van der Waals surface area contributed by atoms with E-state index in [-0.39, 0.29) is 18.1 Å². The number of aromatic hydroxyl groups is 1. The van der Waals surface area contributed by atoms with Crippen molar-refractivity contribution in [3.05, 3.63) is 42.0 Å². The van der Waals surface area contributed by atoms with Crippen LogP contribution in [0, 0.1) is 0 Å². The molecule has 2 rings (SSSR count). The van der Waals surface area contributed by atoms with Crippen LogP contribution in [-0.2, 0) is 17.8 Å². The van der Waals surface area contributed by atoms with Crippen molar-refractivity contribution in [2.45, 2.75) is 13.0 Å². The number of benzene rings is 1. The number of aromatic amines is 1. The second kappa shape index (κ2) is 5.31. The zero-order valence-electron chi connectivity index (χ0n) is 10.00. The van der Waals surface area contributed by atoms with Crippen LogP contribution in [0.15, 0.2) is 30.6 Å². The summed E-state index contributed by atoms with van der Waals surface area (Å²) in [5.41, 5.74) is 0.782. The number of carbonyl (C=O) groups is 1. The molecule has 18 heavy (non-hydrogen) atoms. The Labute approximate surface area is 104 Å². The second-order valence-corrected chi connectivity index (χ2v) is 4.03. The van der Waals surface area contributed by atoms with Gasteiger partial charge in [-0.1, -0.05) is 12.1 Å². The molecule has 6 heteroatoms. The second-order valence-electron chi connectivity index (χ2n) is 4.03. The van der Waals surface area contributed by atoms with Crippen LogP contribution in [0.3, 0.4) is 0 Å². The fourth-order valence-corrected chi connectivity index (χ4v) is 1.60. The highest BCUT2D eigenvalue weighted by atomic mass is 16.3. The quantitative estimate of drug-likeness (QED) is 0.832. The molecule has 0 fully saturated rings. The van der Waals surface area contributed by atoms with Gasteiger partial charge in [-0.05, 0) is 17.7 Å². The molecule has 1 amide bonds. The van der Waals surface area contributed by atoms with Gasteiger partial charge in [0.05, 0.1) is 13.0 Å². The van der Waals surface area contributed by atoms with Gasteiger partial charge in [-0.25, -0.2) is 4.98 Å². The molecule has 1 aromatic heterocycles. The maximum Gasteiger partial charge on any atom is 0.227 e. The summed E-state index contributed by atoms with van der Waals surface area (Å²) >= 11 is 0. The molecule has 0 saturated heterocycles. The molecule has 2 N–H and O–H groups in total. The van der Waals surface area contributed by atoms with Gasteiger partial charge in [-0.3, -0.25) is 9.89 Å². The standard InChI is InChI=1S/C12H14N4O2/c1-16(7-11-13-8-14-15-11)12(18)6-9-3-2-4-10(17)5-9/h2-5,8,17H,6-7H2,1H3,(H,13,14,15). The third-order valence-electron chi connectivity index (χ3n) is 2.54. The Balaban J connectivity index is 1.95. The van der Waals surface area contributed by atoms with Crippen LogP contribution in [0.25, 0.3) is 0 Å². The van der Waals surface area contributed by atoms with Crippen LogP contribution in [0.1, 0.15) is 11.4 Å². The summed E-state index contributed by atoms with van der Waals surface area (Å²) in [7, 11) is 1.70. The number of carbonyl (C=O) groups excluding carboxylic acids is 1. The highest BCUT2D eigenvalue weighted by molar-refractivity contribution is 5.78. The molecule has 0 aliphatic carbocycles. The Morgan fingerprint density at radius 2 is 2.33 bits per heavy atom. The van der Waals surface area contributed by atoms with E-state index in [4.69, 9.17) is 0 Å². The maximum atomic E-state index is 11.9. The van der Waals surface area contributed by atoms with Crippen molar-refractivity contribution < 1.29 is 9.90 Å². The molecule has 0 aliphatic rings. The Morgan fingerprint density at radius 1 is 1.50 bits per heavy atom. The molecule has 94 valence electrons. The first-order valence-corrected chi connectivity index (χ1v) is 5.51. The first-order chi connectivity index (χ1) is 8.65. The average Bonchev–Trinajstić information content (AvgIpc) is 2.81. The predicted molar refractivity (Wildman–Crippen MR) is 64.7 cm³/mol. The average molecular weight is 246 g/mol. The van der Waals surface area contributed by atoms with Crippen molar-refractivity contribution in [3.63, 3.8) is 0 Å². The monoisotopic (exact) mass is 246 g/mol. The van der Waals surface area contributed by atoms with Crippen LogP contribution in [0.2, 0.25) is 0 Å². The van der Waals surface area contributed by atoms with E-state index in [0.29, 0.717) is 12.4 Å². The van der Waals surface area contributed by atoms with Crippen molar-refractivity contribution in [2.24, 2.45) is 0 Å². The van der Waals surface area contributed by atoms with Crippen LogP contribution >= 0.6 is 0 Å². The molecular formula is C12H14N4O2. The summed E-state index contributed by atoms with van der Waals surface area (Å²) in [5.74, 6) is 0.761. The molecule has 2 aromatic rings. The molecule has 0 radical (unpaired) electrons. The minimum Gasteiger partial charge on any atom is -0.508 e. The van der Waals surface area contributed by atoms with E-state index in [1.54, 1.807) is 36.2 Å². The Hall–Kier alpha value is -2.37. The van der Waals surface area contributed by atoms with Gasteiger partial charge in [0.1, 0.15) is 17.9 Å². The minimum atomic E-state index is -0.0444. The molecule has 0 bridgehead atoms. The molecule has 0 aliphatic heterocycles. The lowest BCUT2D eigenvalue weighted by Crippen LogP contribution is -2.28. The first kappa shape index (κ1) is 12.1.